The van der Waals surface area contributed by atoms with Crippen molar-refractivity contribution in [2.24, 2.45) is 5.10 Å². The highest BCUT2D eigenvalue weighted by atomic mass is 32.2. The Bertz CT molecular complexity index is 1310. The lowest BCUT2D eigenvalue weighted by Gasteiger charge is -2.13. The molecule has 1 N–H and O–H groups in total. The van der Waals surface area contributed by atoms with Gasteiger partial charge in [-0.3, -0.25) is 0 Å². The second-order valence-corrected chi connectivity index (χ2v) is 8.74. The second kappa shape index (κ2) is 8.04. The van der Waals surface area contributed by atoms with Gasteiger partial charge in [0, 0.05) is 31.7 Å². The fourth-order valence-corrected chi connectivity index (χ4v) is 4.02. The zero-order valence-electron chi connectivity index (χ0n) is 16.7. The van der Waals surface area contributed by atoms with Gasteiger partial charge in [-0.15, -0.1) is 0 Å². The Hall–Kier alpha value is -3.58. The van der Waals surface area contributed by atoms with Gasteiger partial charge in [0.15, 0.2) is 0 Å². The van der Waals surface area contributed by atoms with Gasteiger partial charge < -0.3 is 9.47 Å². The lowest BCUT2D eigenvalue weighted by molar-refractivity contribution is 0.585. The van der Waals surface area contributed by atoms with Crippen LogP contribution in [0.2, 0.25) is 0 Å². The van der Waals surface area contributed by atoms with Crippen LogP contribution in [-0.2, 0) is 10.0 Å². The molecule has 0 spiro atoms. The molecule has 7 heteroatoms. The molecule has 0 bridgehead atoms. The third-order valence-corrected chi connectivity index (χ3v) is 6.05. The minimum absolute atomic E-state index is 0.174. The summed E-state index contributed by atoms with van der Waals surface area (Å²) in [5, 5.41) is 5.83. The summed E-state index contributed by atoms with van der Waals surface area (Å²) < 4.78 is 27.2. The highest BCUT2D eigenvalue weighted by Crippen LogP contribution is 2.19. The summed E-state index contributed by atoms with van der Waals surface area (Å²) >= 11 is 0. The number of anilines is 1. The predicted molar refractivity (Wildman–Crippen MR) is 122 cm³/mol. The quantitative estimate of drug-likeness (QED) is 0.380. The van der Waals surface area contributed by atoms with Crippen molar-refractivity contribution in [2.75, 3.05) is 19.0 Å². The van der Waals surface area contributed by atoms with Crippen LogP contribution in [0.15, 0.2) is 95.1 Å². The maximum Gasteiger partial charge on any atom is 0.276 e. The van der Waals surface area contributed by atoms with Crippen LogP contribution in [0.25, 0.3) is 16.5 Å². The molecule has 0 unspecified atom stereocenters. The first-order valence-corrected chi connectivity index (χ1v) is 10.9. The Morgan fingerprint density at radius 2 is 1.63 bits per heavy atom. The summed E-state index contributed by atoms with van der Waals surface area (Å²) in [4.78, 5) is 4.51. The zero-order chi connectivity index (χ0) is 21.1. The number of nitrogens with one attached hydrogen (secondary N) is 1. The van der Waals surface area contributed by atoms with Crippen molar-refractivity contribution in [3.8, 4) is 5.69 Å². The van der Waals surface area contributed by atoms with Crippen LogP contribution in [0.1, 0.15) is 5.69 Å². The third kappa shape index (κ3) is 4.06. The Morgan fingerprint density at radius 1 is 0.900 bits per heavy atom. The molecule has 0 radical (unpaired) electrons. The van der Waals surface area contributed by atoms with Crippen LogP contribution in [0, 0.1) is 0 Å². The van der Waals surface area contributed by atoms with E-state index in [2.05, 4.69) is 9.93 Å². The molecule has 4 aromatic rings. The average molecular weight is 419 g/mol. The van der Waals surface area contributed by atoms with Gasteiger partial charge in [0.25, 0.3) is 10.0 Å². The molecule has 4 rings (SSSR count). The Balaban J connectivity index is 1.54. The molecule has 0 atom stereocenters. The summed E-state index contributed by atoms with van der Waals surface area (Å²) in [6.45, 7) is 0. The number of hydrazone groups is 1. The van der Waals surface area contributed by atoms with E-state index < -0.39 is 10.0 Å². The summed E-state index contributed by atoms with van der Waals surface area (Å²) in [5.74, 6) is 0. The van der Waals surface area contributed by atoms with Gasteiger partial charge in [-0.2, -0.15) is 13.5 Å². The van der Waals surface area contributed by atoms with Crippen molar-refractivity contribution in [1.29, 1.82) is 0 Å². The first kappa shape index (κ1) is 19.7. The van der Waals surface area contributed by atoms with Crippen molar-refractivity contribution < 1.29 is 8.42 Å². The van der Waals surface area contributed by atoms with Crippen LogP contribution in [-0.4, -0.2) is 33.3 Å². The summed E-state index contributed by atoms with van der Waals surface area (Å²) in [5.41, 5.74) is 2.82. The molecule has 0 aliphatic heterocycles. The topological polar surface area (TPSA) is 66.7 Å². The molecule has 0 saturated heterocycles. The third-order valence-electron chi connectivity index (χ3n) is 4.83. The molecule has 0 aliphatic rings. The Kier molecular flexibility index (Phi) is 5.29. The van der Waals surface area contributed by atoms with E-state index in [0.29, 0.717) is 0 Å². The summed E-state index contributed by atoms with van der Waals surface area (Å²) in [7, 11) is 0.221. The van der Waals surface area contributed by atoms with Crippen LogP contribution >= 0.6 is 0 Å². The maximum atomic E-state index is 12.6. The van der Waals surface area contributed by atoms with E-state index >= 15 is 0 Å². The monoisotopic (exact) mass is 418 g/mol. The van der Waals surface area contributed by atoms with Gasteiger partial charge in [-0.1, -0.05) is 30.3 Å². The highest BCUT2D eigenvalue weighted by molar-refractivity contribution is 7.89. The number of hydrogen-bond donors (Lipinski definition) is 1. The van der Waals surface area contributed by atoms with Crippen molar-refractivity contribution >= 4 is 32.7 Å². The number of nitrogens with zero attached hydrogens (tertiary/aromatic N) is 3. The first-order chi connectivity index (χ1) is 14.4. The summed E-state index contributed by atoms with van der Waals surface area (Å²) in [6, 6.07) is 24.4. The van der Waals surface area contributed by atoms with E-state index in [1.807, 2.05) is 90.4 Å². The van der Waals surface area contributed by atoms with Gasteiger partial charge in [0.05, 0.1) is 16.8 Å². The molecule has 0 aliphatic carbocycles. The second-order valence-electron chi connectivity index (χ2n) is 7.08. The van der Waals surface area contributed by atoms with Gasteiger partial charge in [0.2, 0.25) is 0 Å². The molecular weight excluding hydrogens is 396 g/mol. The fourth-order valence-electron chi connectivity index (χ4n) is 3.19. The maximum absolute atomic E-state index is 12.6. The van der Waals surface area contributed by atoms with Crippen molar-refractivity contribution in [3.63, 3.8) is 0 Å². The van der Waals surface area contributed by atoms with E-state index in [1.165, 1.54) is 6.21 Å². The van der Waals surface area contributed by atoms with E-state index in [4.69, 9.17) is 0 Å². The minimum Gasteiger partial charge on any atom is -0.378 e. The van der Waals surface area contributed by atoms with Gasteiger partial charge in [0.1, 0.15) is 0 Å². The normalized spacial score (nSPS) is 11.8. The molecule has 30 heavy (non-hydrogen) atoms. The van der Waals surface area contributed by atoms with Crippen molar-refractivity contribution in [1.82, 2.24) is 9.40 Å². The van der Waals surface area contributed by atoms with E-state index in [9.17, 15) is 8.42 Å². The molecule has 3 aromatic carbocycles. The number of sulfonamides is 1. The van der Waals surface area contributed by atoms with E-state index in [0.717, 1.165) is 27.8 Å². The lowest BCUT2D eigenvalue weighted by Crippen LogP contribution is -2.18. The molecule has 0 saturated carbocycles. The van der Waals surface area contributed by atoms with E-state index in [1.54, 1.807) is 18.2 Å². The predicted octanol–water partition coefficient (Wildman–Crippen LogP) is 4.01. The zero-order valence-corrected chi connectivity index (χ0v) is 17.5. The van der Waals surface area contributed by atoms with Gasteiger partial charge in [-0.25, -0.2) is 4.83 Å². The number of benzene rings is 3. The highest BCUT2D eigenvalue weighted by Gasteiger charge is 2.13. The molecule has 1 aromatic heterocycles. The largest absolute Gasteiger partial charge is 0.378 e. The minimum atomic E-state index is -3.76. The van der Waals surface area contributed by atoms with Gasteiger partial charge >= 0.3 is 0 Å². The first-order valence-electron chi connectivity index (χ1n) is 9.43. The van der Waals surface area contributed by atoms with E-state index in [-0.39, 0.29) is 4.90 Å². The fraction of sp³-hybridized carbons (Fsp3) is 0.0870. The standard InChI is InChI=1S/C23H22N4O2S/c1-26(2)20-10-12-21(13-11-20)27-15-5-8-22(27)17-24-25-30(28,29)23-14-9-18-6-3-4-7-19(18)16-23/h3-17,25H,1-2H3/b24-17+. The number of aromatic nitrogens is 1. The average Bonchev–Trinajstić information content (AvgIpc) is 3.22. The molecule has 6 nitrogen and oxygen atoms in total. The van der Waals surface area contributed by atoms with Crippen LogP contribution < -0.4 is 9.73 Å². The number of hydrogen-bond acceptors (Lipinski definition) is 4. The summed E-state index contributed by atoms with van der Waals surface area (Å²) in [6.07, 6.45) is 3.41. The smallest absolute Gasteiger partial charge is 0.276 e. The number of rotatable bonds is 6. The number of fused-ring (bicyclic) bond motifs is 1. The van der Waals surface area contributed by atoms with Crippen molar-refractivity contribution in [3.05, 3.63) is 90.8 Å². The molecule has 152 valence electrons. The molecule has 0 fully saturated rings. The van der Waals surface area contributed by atoms with Crippen molar-refractivity contribution in [2.45, 2.75) is 4.90 Å². The van der Waals surface area contributed by atoms with Gasteiger partial charge in [-0.05, 0) is 59.3 Å². The lowest BCUT2D eigenvalue weighted by atomic mass is 10.1. The molecular formula is C23H22N4O2S. The molecule has 1 heterocycles. The molecule has 0 amide bonds. The van der Waals surface area contributed by atoms with Crippen LogP contribution in [0.3, 0.4) is 0 Å². The van der Waals surface area contributed by atoms with Crippen LogP contribution in [0.5, 0.6) is 0 Å². The van der Waals surface area contributed by atoms with Crippen LogP contribution in [0.4, 0.5) is 5.69 Å². The Morgan fingerprint density at radius 3 is 2.37 bits per heavy atom. The Labute approximate surface area is 176 Å². The SMILES string of the molecule is CN(C)c1ccc(-n2cccc2/C=N/NS(=O)(=O)c2ccc3ccccc3c2)cc1.